The van der Waals surface area contributed by atoms with E-state index in [2.05, 4.69) is 25.5 Å². The Morgan fingerprint density at radius 3 is 2.71 bits per heavy atom. The maximum Gasteiger partial charge on any atom is 0.218 e. The highest BCUT2D eigenvalue weighted by molar-refractivity contribution is 7.03. The molecule has 9 heteroatoms. The molecular weight excluding hydrogens is 374 g/mol. The van der Waals surface area contributed by atoms with Crippen molar-refractivity contribution in [2.75, 3.05) is 0 Å². The van der Waals surface area contributed by atoms with Gasteiger partial charge in [0.1, 0.15) is 5.75 Å². The van der Waals surface area contributed by atoms with E-state index in [4.69, 9.17) is 10.5 Å². The predicted molar refractivity (Wildman–Crippen MR) is 104 cm³/mol. The number of benzene rings is 1. The minimum atomic E-state index is 0.367. The second kappa shape index (κ2) is 7.56. The van der Waals surface area contributed by atoms with Crippen LogP contribution in [0, 0.1) is 11.3 Å². The third-order valence-electron chi connectivity index (χ3n) is 4.07. The highest BCUT2D eigenvalue weighted by Crippen LogP contribution is 2.34. The maximum absolute atomic E-state index is 9.27. The first-order chi connectivity index (χ1) is 13.7. The van der Waals surface area contributed by atoms with Crippen LogP contribution in [0.1, 0.15) is 11.1 Å². The summed E-state index contributed by atoms with van der Waals surface area (Å²) in [5.74, 6) is 1.48. The van der Waals surface area contributed by atoms with Gasteiger partial charge in [-0.25, -0.2) is 19.0 Å². The third-order valence-corrected chi connectivity index (χ3v) is 4.66. The average Bonchev–Trinajstić information content (AvgIpc) is 3.38. The van der Waals surface area contributed by atoms with Gasteiger partial charge in [0.25, 0.3) is 0 Å². The molecular formula is C19H15N7OS. The summed E-state index contributed by atoms with van der Waals surface area (Å²) >= 11 is 1.36. The molecule has 138 valence electrons. The van der Waals surface area contributed by atoms with Crippen LogP contribution in [0.5, 0.6) is 11.6 Å². The Morgan fingerprint density at radius 2 is 2.04 bits per heavy atom. The number of nitrogens with two attached hydrogens (primary N) is 1. The molecule has 0 bridgehead atoms. The SMILES string of the molecule is Cn1nc(-c2cnsc2)cc1Oc1cc(C#N)ccc1-c1ncc(CN)cn1. The molecule has 3 heterocycles. The lowest BCUT2D eigenvalue weighted by Crippen LogP contribution is -2.01. The van der Waals surface area contributed by atoms with E-state index in [0.29, 0.717) is 35.1 Å². The monoisotopic (exact) mass is 389 g/mol. The van der Waals surface area contributed by atoms with E-state index in [0.717, 1.165) is 16.8 Å². The van der Waals surface area contributed by atoms with Crippen LogP contribution in [0.3, 0.4) is 0 Å². The van der Waals surface area contributed by atoms with Crippen molar-refractivity contribution in [3.05, 3.63) is 59.4 Å². The number of ether oxygens (including phenoxy) is 1. The van der Waals surface area contributed by atoms with Gasteiger partial charge in [0.2, 0.25) is 5.88 Å². The highest BCUT2D eigenvalue weighted by Gasteiger charge is 2.15. The molecule has 4 rings (SSSR count). The Bertz CT molecular complexity index is 1140. The van der Waals surface area contributed by atoms with Crippen molar-refractivity contribution in [3.63, 3.8) is 0 Å². The Labute approximate surface area is 165 Å². The minimum absolute atomic E-state index is 0.367. The molecule has 0 amide bonds. The molecule has 0 unspecified atom stereocenters. The summed E-state index contributed by atoms with van der Waals surface area (Å²) < 4.78 is 11.8. The van der Waals surface area contributed by atoms with Gasteiger partial charge in [-0.05, 0) is 29.7 Å². The molecule has 0 saturated heterocycles. The van der Waals surface area contributed by atoms with Gasteiger partial charge in [0.15, 0.2) is 5.82 Å². The van der Waals surface area contributed by atoms with Gasteiger partial charge in [-0.2, -0.15) is 10.4 Å². The summed E-state index contributed by atoms with van der Waals surface area (Å²) in [6, 6.07) is 9.08. The van der Waals surface area contributed by atoms with Crippen molar-refractivity contribution in [1.29, 1.82) is 5.26 Å². The standard InChI is InChI=1S/C19H15N7OS/c1-26-18(5-16(25-26)14-10-24-28-11-14)27-17-4-12(6-20)2-3-15(17)19-22-8-13(7-21)9-23-19/h2-5,8-11H,7,21H2,1H3. The van der Waals surface area contributed by atoms with E-state index in [1.165, 1.54) is 11.5 Å². The van der Waals surface area contributed by atoms with Crippen molar-refractivity contribution < 1.29 is 4.74 Å². The molecule has 4 aromatic rings. The molecule has 0 saturated carbocycles. The second-order valence-electron chi connectivity index (χ2n) is 5.95. The van der Waals surface area contributed by atoms with Crippen LogP contribution in [0.25, 0.3) is 22.6 Å². The lowest BCUT2D eigenvalue weighted by atomic mass is 10.1. The Morgan fingerprint density at radius 1 is 1.21 bits per heavy atom. The van der Waals surface area contributed by atoms with Gasteiger partial charge in [-0.1, -0.05) is 0 Å². The zero-order valence-electron chi connectivity index (χ0n) is 14.9. The van der Waals surface area contributed by atoms with Crippen LogP contribution >= 0.6 is 11.5 Å². The average molecular weight is 389 g/mol. The molecule has 0 atom stereocenters. The molecule has 3 aromatic heterocycles. The lowest BCUT2D eigenvalue weighted by molar-refractivity contribution is 0.432. The van der Waals surface area contributed by atoms with Crippen molar-refractivity contribution in [2.24, 2.45) is 12.8 Å². The molecule has 1 aromatic carbocycles. The zero-order valence-corrected chi connectivity index (χ0v) is 15.7. The maximum atomic E-state index is 9.27. The molecule has 0 spiro atoms. The van der Waals surface area contributed by atoms with Gasteiger partial charge in [-0.3, -0.25) is 0 Å². The summed E-state index contributed by atoms with van der Waals surface area (Å²) in [4.78, 5) is 8.72. The minimum Gasteiger partial charge on any atom is -0.438 e. The molecule has 0 radical (unpaired) electrons. The fourth-order valence-electron chi connectivity index (χ4n) is 2.59. The van der Waals surface area contributed by atoms with Gasteiger partial charge in [0, 0.05) is 48.6 Å². The molecule has 0 fully saturated rings. The van der Waals surface area contributed by atoms with E-state index in [-0.39, 0.29) is 0 Å². The van der Waals surface area contributed by atoms with Crippen LogP contribution < -0.4 is 10.5 Å². The summed E-state index contributed by atoms with van der Waals surface area (Å²) in [5.41, 5.74) is 9.27. The van der Waals surface area contributed by atoms with Crippen molar-refractivity contribution in [2.45, 2.75) is 6.54 Å². The molecule has 28 heavy (non-hydrogen) atoms. The number of rotatable bonds is 5. The predicted octanol–water partition coefficient (Wildman–Crippen LogP) is 3.12. The van der Waals surface area contributed by atoms with Gasteiger partial charge >= 0.3 is 0 Å². The number of hydrogen-bond acceptors (Lipinski definition) is 8. The normalized spacial score (nSPS) is 10.6. The molecule has 2 N–H and O–H groups in total. The first-order valence-electron chi connectivity index (χ1n) is 8.35. The first kappa shape index (κ1) is 17.8. The number of nitriles is 1. The first-order valence-corrected chi connectivity index (χ1v) is 9.18. The smallest absolute Gasteiger partial charge is 0.218 e. The van der Waals surface area contributed by atoms with Crippen LogP contribution in [-0.4, -0.2) is 24.1 Å². The summed E-state index contributed by atoms with van der Waals surface area (Å²) in [6.07, 6.45) is 5.11. The Kier molecular flexibility index (Phi) is 4.80. The highest BCUT2D eigenvalue weighted by atomic mass is 32.1. The third kappa shape index (κ3) is 3.46. The number of aryl methyl sites for hydroxylation is 1. The van der Waals surface area contributed by atoms with Crippen molar-refractivity contribution >= 4 is 11.5 Å². The largest absolute Gasteiger partial charge is 0.438 e. The van der Waals surface area contributed by atoms with Crippen molar-refractivity contribution in [1.82, 2.24) is 24.1 Å². The van der Waals surface area contributed by atoms with E-state index in [1.54, 1.807) is 48.5 Å². The molecule has 0 aliphatic rings. The van der Waals surface area contributed by atoms with Crippen LogP contribution in [0.2, 0.25) is 0 Å². The zero-order chi connectivity index (χ0) is 19.5. The molecule has 0 aliphatic carbocycles. The fraction of sp³-hybridized carbons (Fsp3) is 0.105. The molecule has 0 aliphatic heterocycles. The summed E-state index contributed by atoms with van der Waals surface area (Å²) in [7, 11) is 1.79. The summed E-state index contributed by atoms with van der Waals surface area (Å²) in [5, 5.41) is 15.7. The molecule has 8 nitrogen and oxygen atoms in total. The quantitative estimate of drug-likeness (QED) is 0.557. The van der Waals surface area contributed by atoms with E-state index >= 15 is 0 Å². The Hall–Kier alpha value is -3.61. The summed E-state index contributed by atoms with van der Waals surface area (Å²) in [6.45, 7) is 0.367. The van der Waals surface area contributed by atoms with E-state index in [1.807, 2.05) is 11.4 Å². The van der Waals surface area contributed by atoms with Gasteiger partial charge < -0.3 is 10.5 Å². The lowest BCUT2D eigenvalue weighted by Gasteiger charge is -2.11. The number of aromatic nitrogens is 5. The Balaban J connectivity index is 1.73. The van der Waals surface area contributed by atoms with E-state index in [9.17, 15) is 5.26 Å². The van der Waals surface area contributed by atoms with Gasteiger partial charge in [0.05, 0.1) is 29.1 Å². The topological polar surface area (TPSA) is 116 Å². The van der Waals surface area contributed by atoms with Gasteiger partial charge in [-0.15, -0.1) is 0 Å². The fourth-order valence-corrected chi connectivity index (χ4v) is 3.12. The second-order valence-corrected chi connectivity index (χ2v) is 6.61. The van der Waals surface area contributed by atoms with Crippen LogP contribution in [0.4, 0.5) is 0 Å². The van der Waals surface area contributed by atoms with Crippen LogP contribution in [-0.2, 0) is 13.6 Å². The number of hydrogen-bond donors (Lipinski definition) is 1. The number of nitrogens with zero attached hydrogens (tertiary/aromatic N) is 6. The van der Waals surface area contributed by atoms with Crippen molar-refractivity contribution in [3.8, 4) is 40.3 Å². The van der Waals surface area contributed by atoms with Crippen LogP contribution in [0.15, 0.2) is 48.2 Å². The van der Waals surface area contributed by atoms with E-state index < -0.39 is 0 Å².